The Morgan fingerprint density at radius 2 is 2.03 bits per heavy atom. The summed E-state index contributed by atoms with van der Waals surface area (Å²) in [4.78, 5) is 7.09. The van der Waals surface area contributed by atoms with E-state index in [0.29, 0.717) is 34.8 Å². The number of nitrogens with one attached hydrogen (secondary N) is 2. The maximum absolute atomic E-state index is 10.3. The van der Waals surface area contributed by atoms with Gasteiger partial charge >= 0.3 is 0 Å². The van der Waals surface area contributed by atoms with Gasteiger partial charge in [-0.1, -0.05) is 29.3 Å². The maximum Gasteiger partial charge on any atom is 0.191 e. The van der Waals surface area contributed by atoms with Crippen LogP contribution in [0, 0.1) is 0 Å². The number of halogens is 2. The van der Waals surface area contributed by atoms with Gasteiger partial charge in [-0.25, -0.2) is 0 Å². The number of aliphatic imine (C=N–C) groups is 1. The first-order valence-electron chi connectivity index (χ1n) is 9.93. The molecule has 164 valence electrons. The first kappa shape index (κ1) is 24.0. The van der Waals surface area contributed by atoms with Crippen molar-refractivity contribution in [3.05, 3.63) is 28.2 Å². The number of aliphatic hydroxyl groups excluding tert-OH is 1. The molecule has 9 heteroatoms. The number of aliphatic hydroxyl groups is 1. The van der Waals surface area contributed by atoms with Gasteiger partial charge in [0.25, 0.3) is 0 Å². The van der Waals surface area contributed by atoms with Gasteiger partial charge in [-0.2, -0.15) is 0 Å². The Balaban J connectivity index is 1.84. The van der Waals surface area contributed by atoms with E-state index in [1.54, 1.807) is 18.2 Å². The van der Waals surface area contributed by atoms with Crippen molar-refractivity contribution < 1.29 is 14.6 Å². The lowest BCUT2D eigenvalue weighted by Gasteiger charge is -2.39. The lowest BCUT2D eigenvalue weighted by Crippen LogP contribution is -2.52. The van der Waals surface area contributed by atoms with Crippen LogP contribution < -0.4 is 15.4 Å². The largest absolute Gasteiger partial charge is 0.489 e. The molecular weight excluding hydrogens is 415 g/mol. The third-order valence-electron chi connectivity index (χ3n) is 4.69. The fourth-order valence-corrected chi connectivity index (χ4v) is 3.28. The molecule has 3 N–H and O–H groups in total. The highest BCUT2D eigenvalue weighted by atomic mass is 35.5. The van der Waals surface area contributed by atoms with Gasteiger partial charge in [0.05, 0.1) is 24.8 Å². The molecule has 1 saturated heterocycles. The number of guanidine groups is 1. The molecule has 2 rings (SSSR count). The molecule has 0 saturated carbocycles. The second-order valence-corrected chi connectivity index (χ2v) is 8.29. The highest BCUT2D eigenvalue weighted by molar-refractivity contribution is 6.42. The van der Waals surface area contributed by atoms with E-state index in [1.807, 2.05) is 6.92 Å². The van der Waals surface area contributed by atoms with Gasteiger partial charge in [0, 0.05) is 31.7 Å². The average molecular weight is 447 g/mol. The van der Waals surface area contributed by atoms with Crippen molar-refractivity contribution >= 4 is 29.2 Å². The van der Waals surface area contributed by atoms with Gasteiger partial charge in [0.1, 0.15) is 23.5 Å². The fourth-order valence-electron chi connectivity index (χ4n) is 2.94. The molecule has 1 aliphatic rings. The molecule has 1 atom stereocenters. The molecule has 0 spiro atoms. The van der Waals surface area contributed by atoms with Crippen molar-refractivity contribution in [2.24, 2.45) is 4.99 Å². The van der Waals surface area contributed by atoms with Crippen LogP contribution in [0.2, 0.25) is 10.0 Å². The summed E-state index contributed by atoms with van der Waals surface area (Å²) in [7, 11) is 0. The third kappa shape index (κ3) is 7.83. The van der Waals surface area contributed by atoms with E-state index >= 15 is 0 Å². The molecule has 0 bridgehead atoms. The Morgan fingerprint density at radius 3 is 2.72 bits per heavy atom. The van der Waals surface area contributed by atoms with Crippen LogP contribution in [-0.2, 0) is 4.74 Å². The van der Waals surface area contributed by atoms with Crippen molar-refractivity contribution in [2.75, 3.05) is 52.5 Å². The van der Waals surface area contributed by atoms with Gasteiger partial charge in [-0.15, -0.1) is 0 Å². The van der Waals surface area contributed by atoms with Crippen LogP contribution in [0.4, 0.5) is 0 Å². The number of morpholine rings is 1. The summed E-state index contributed by atoms with van der Waals surface area (Å²) < 4.78 is 11.0. The fraction of sp³-hybridized carbons (Fsp3) is 0.650. The highest BCUT2D eigenvalue weighted by Crippen LogP contribution is 2.31. The minimum absolute atomic E-state index is 0.0722. The zero-order chi connectivity index (χ0) is 21.3. The summed E-state index contributed by atoms with van der Waals surface area (Å²) in [5, 5.41) is 17.4. The Kier molecular flexibility index (Phi) is 9.79. The Hall–Kier alpha value is -1.25. The molecule has 0 amide bonds. The average Bonchev–Trinajstić information content (AvgIpc) is 2.72. The molecule has 0 aromatic heterocycles. The molecule has 1 fully saturated rings. The summed E-state index contributed by atoms with van der Waals surface area (Å²) in [6.07, 6.45) is -0.735. The lowest BCUT2D eigenvalue weighted by atomic mass is 10.0. The maximum atomic E-state index is 10.3. The van der Waals surface area contributed by atoms with Crippen LogP contribution in [0.15, 0.2) is 23.2 Å². The van der Waals surface area contributed by atoms with Crippen LogP contribution in [0.3, 0.4) is 0 Å². The zero-order valence-electron chi connectivity index (χ0n) is 17.4. The standard InChI is InChI=1S/C20H32Cl2N4O3/c1-4-23-19(25-14-20(2,3)26-8-10-28-11-9-26)24-12-15(27)13-29-17-7-5-6-16(21)18(17)22/h5-7,15,27H,4,8-14H2,1-3H3,(H2,23,24,25). The first-order chi connectivity index (χ1) is 13.8. The third-order valence-corrected chi connectivity index (χ3v) is 5.49. The minimum Gasteiger partial charge on any atom is -0.489 e. The number of ether oxygens (including phenoxy) is 2. The van der Waals surface area contributed by atoms with Gasteiger partial charge in [0.15, 0.2) is 5.96 Å². The van der Waals surface area contributed by atoms with Crippen LogP contribution in [0.5, 0.6) is 5.75 Å². The molecule has 29 heavy (non-hydrogen) atoms. The SMILES string of the molecule is CCNC(=NCC(C)(C)N1CCOCC1)NCC(O)COc1cccc(Cl)c1Cl. The minimum atomic E-state index is -0.735. The highest BCUT2D eigenvalue weighted by Gasteiger charge is 2.28. The molecule has 1 aromatic carbocycles. The van der Waals surface area contributed by atoms with Crippen molar-refractivity contribution in [1.82, 2.24) is 15.5 Å². The lowest BCUT2D eigenvalue weighted by molar-refractivity contribution is -0.00684. The van der Waals surface area contributed by atoms with Gasteiger partial charge in [0.2, 0.25) is 0 Å². The van der Waals surface area contributed by atoms with Crippen LogP contribution >= 0.6 is 23.2 Å². The second kappa shape index (κ2) is 11.8. The van der Waals surface area contributed by atoms with Crippen LogP contribution in [-0.4, -0.2) is 80.2 Å². The molecule has 7 nitrogen and oxygen atoms in total. The van der Waals surface area contributed by atoms with E-state index in [2.05, 4.69) is 29.4 Å². The topological polar surface area (TPSA) is 78.4 Å². The zero-order valence-corrected chi connectivity index (χ0v) is 18.9. The molecule has 1 heterocycles. The van der Waals surface area contributed by atoms with Crippen molar-refractivity contribution in [2.45, 2.75) is 32.4 Å². The smallest absolute Gasteiger partial charge is 0.191 e. The summed E-state index contributed by atoms with van der Waals surface area (Å²) in [5.74, 6) is 1.11. The van der Waals surface area contributed by atoms with E-state index in [0.717, 1.165) is 32.8 Å². The molecular formula is C20H32Cl2N4O3. The molecule has 1 aromatic rings. The van der Waals surface area contributed by atoms with Gasteiger partial charge < -0.3 is 25.2 Å². The van der Waals surface area contributed by atoms with E-state index < -0.39 is 6.10 Å². The monoisotopic (exact) mass is 446 g/mol. The predicted octanol–water partition coefficient (Wildman–Crippen LogP) is 2.40. The van der Waals surface area contributed by atoms with Gasteiger partial charge in [-0.05, 0) is 32.9 Å². The Bertz CT molecular complexity index is 667. The summed E-state index contributed by atoms with van der Waals surface area (Å²) in [6, 6.07) is 5.15. The number of rotatable bonds is 9. The van der Waals surface area contributed by atoms with Gasteiger partial charge in [-0.3, -0.25) is 9.89 Å². The van der Waals surface area contributed by atoms with E-state index in [-0.39, 0.29) is 12.1 Å². The first-order valence-corrected chi connectivity index (χ1v) is 10.7. The number of nitrogens with zero attached hydrogens (tertiary/aromatic N) is 2. The van der Waals surface area contributed by atoms with Crippen molar-refractivity contribution in [3.63, 3.8) is 0 Å². The van der Waals surface area contributed by atoms with Crippen molar-refractivity contribution in [1.29, 1.82) is 0 Å². The summed E-state index contributed by atoms with van der Waals surface area (Å²) >= 11 is 12.1. The molecule has 0 radical (unpaired) electrons. The van der Waals surface area contributed by atoms with E-state index in [9.17, 15) is 5.11 Å². The number of hydrogen-bond acceptors (Lipinski definition) is 5. The molecule has 1 aliphatic heterocycles. The van der Waals surface area contributed by atoms with Crippen LogP contribution in [0.25, 0.3) is 0 Å². The predicted molar refractivity (Wildman–Crippen MR) is 118 cm³/mol. The molecule has 1 unspecified atom stereocenters. The van der Waals surface area contributed by atoms with Crippen LogP contribution in [0.1, 0.15) is 20.8 Å². The quantitative estimate of drug-likeness (QED) is 0.399. The second-order valence-electron chi connectivity index (χ2n) is 7.50. The normalized spacial score (nSPS) is 17.1. The molecule has 0 aliphatic carbocycles. The summed E-state index contributed by atoms with van der Waals surface area (Å²) in [5.41, 5.74) is -0.0722. The van der Waals surface area contributed by atoms with E-state index in [1.165, 1.54) is 0 Å². The number of hydrogen-bond donors (Lipinski definition) is 3. The van der Waals surface area contributed by atoms with Crippen molar-refractivity contribution in [3.8, 4) is 5.75 Å². The van der Waals surface area contributed by atoms with E-state index in [4.69, 9.17) is 37.7 Å². The number of benzene rings is 1. The Morgan fingerprint density at radius 1 is 1.31 bits per heavy atom. The summed E-state index contributed by atoms with van der Waals surface area (Å²) in [6.45, 7) is 11.5. The Labute approximate surface area is 183 Å².